The Balaban J connectivity index is 3.18. The van der Waals surface area contributed by atoms with E-state index in [1.807, 2.05) is 0 Å². The normalized spacial score (nSPS) is 12.2. The van der Waals surface area contributed by atoms with E-state index in [0.717, 1.165) is 0 Å². The van der Waals surface area contributed by atoms with E-state index in [1.165, 1.54) is 25.3 Å². The molecule has 0 saturated heterocycles. The smallest absolute Gasteiger partial charge is 0.270 e. The number of benzene rings is 1. The van der Waals surface area contributed by atoms with Crippen LogP contribution in [0.4, 0.5) is 5.69 Å². The minimum Gasteiger partial charge on any atom is -0.496 e. The van der Waals surface area contributed by atoms with Gasteiger partial charge in [0.15, 0.2) is 0 Å². The summed E-state index contributed by atoms with van der Waals surface area (Å²) < 4.78 is 4.91. The average molecular weight is 213 g/mol. The molecule has 1 rings (SSSR count). The van der Waals surface area contributed by atoms with Crippen molar-refractivity contribution in [2.24, 2.45) is 0 Å². The minimum atomic E-state index is -1.18. The lowest BCUT2D eigenvalue weighted by molar-refractivity contribution is -0.385. The fraction of sp³-hybridized carbons (Fsp3) is 0.333. The highest BCUT2D eigenvalue weighted by Gasteiger charge is 2.16. The molecule has 0 fully saturated rings. The average Bonchev–Trinajstić information content (AvgIpc) is 2.27. The summed E-state index contributed by atoms with van der Waals surface area (Å²) in [5, 5.41) is 28.6. The van der Waals surface area contributed by atoms with Crippen LogP contribution in [0.3, 0.4) is 0 Å². The van der Waals surface area contributed by atoms with Gasteiger partial charge in [0.2, 0.25) is 0 Å². The number of hydrogen-bond acceptors (Lipinski definition) is 5. The van der Waals surface area contributed by atoms with Crippen LogP contribution < -0.4 is 4.74 Å². The first-order valence-corrected chi connectivity index (χ1v) is 4.21. The second-order valence-corrected chi connectivity index (χ2v) is 2.88. The summed E-state index contributed by atoms with van der Waals surface area (Å²) in [4.78, 5) is 9.91. The van der Waals surface area contributed by atoms with Gasteiger partial charge in [-0.2, -0.15) is 0 Å². The van der Waals surface area contributed by atoms with Crippen LogP contribution >= 0.6 is 0 Å². The van der Waals surface area contributed by atoms with Crippen LogP contribution in [0, 0.1) is 10.1 Å². The standard InChI is InChI=1S/C9H11NO5/c1-15-9-3-2-6(10(13)14)4-7(9)8(12)5-11/h2-4,8,11-12H,5H2,1H3. The highest BCUT2D eigenvalue weighted by atomic mass is 16.6. The number of ether oxygens (including phenoxy) is 1. The minimum absolute atomic E-state index is 0.154. The van der Waals surface area contributed by atoms with Gasteiger partial charge in [-0.05, 0) is 6.07 Å². The molecule has 0 aromatic heterocycles. The van der Waals surface area contributed by atoms with E-state index in [0.29, 0.717) is 5.75 Å². The molecule has 1 unspecified atom stereocenters. The van der Waals surface area contributed by atoms with Crippen LogP contribution in [0.1, 0.15) is 11.7 Å². The molecule has 0 heterocycles. The molecule has 0 aliphatic heterocycles. The molecule has 0 aliphatic carbocycles. The molecule has 0 radical (unpaired) electrons. The molecule has 1 aromatic carbocycles. The van der Waals surface area contributed by atoms with Gasteiger partial charge in [0, 0.05) is 17.7 Å². The number of nitrogens with zero attached hydrogens (tertiary/aromatic N) is 1. The number of aliphatic hydroxyl groups is 2. The van der Waals surface area contributed by atoms with Gasteiger partial charge in [-0.15, -0.1) is 0 Å². The van der Waals surface area contributed by atoms with Crippen LogP contribution in [0.15, 0.2) is 18.2 Å². The lowest BCUT2D eigenvalue weighted by Gasteiger charge is -2.11. The van der Waals surface area contributed by atoms with Crippen LogP contribution in [-0.4, -0.2) is 28.9 Å². The Morgan fingerprint density at radius 3 is 2.73 bits per heavy atom. The molecule has 0 bridgehead atoms. The maximum absolute atomic E-state index is 10.5. The predicted molar refractivity (Wildman–Crippen MR) is 51.7 cm³/mol. The molecule has 6 nitrogen and oxygen atoms in total. The van der Waals surface area contributed by atoms with Crippen molar-refractivity contribution in [2.75, 3.05) is 13.7 Å². The Kier molecular flexibility index (Phi) is 3.59. The molecule has 1 aromatic rings. The highest BCUT2D eigenvalue weighted by molar-refractivity contribution is 5.44. The van der Waals surface area contributed by atoms with E-state index in [9.17, 15) is 15.2 Å². The second-order valence-electron chi connectivity index (χ2n) is 2.88. The van der Waals surface area contributed by atoms with Crippen molar-refractivity contribution in [1.29, 1.82) is 0 Å². The molecule has 6 heteroatoms. The van der Waals surface area contributed by atoms with Crippen molar-refractivity contribution >= 4 is 5.69 Å². The molecule has 0 saturated carbocycles. The van der Waals surface area contributed by atoms with Crippen molar-refractivity contribution in [3.63, 3.8) is 0 Å². The Bertz CT molecular complexity index is 366. The monoisotopic (exact) mass is 213 g/mol. The summed E-state index contributed by atoms with van der Waals surface area (Å²) >= 11 is 0. The number of methoxy groups -OCH3 is 1. The molecule has 82 valence electrons. The Morgan fingerprint density at radius 2 is 2.27 bits per heavy atom. The van der Waals surface area contributed by atoms with Gasteiger partial charge in [0.05, 0.1) is 18.6 Å². The van der Waals surface area contributed by atoms with Gasteiger partial charge < -0.3 is 14.9 Å². The van der Waals surface area contributed by atoms with Gasteiger partial charge in [-0.3, -0.25) is 10.1 Å². The topological polar surface area (TPSA) is 92.8 Å². The molecule has 0 spiro atoms. The third-order valence-corrected chi connectivity index (χ3v) is 1.96. The zero-order valence-electron chi connectivity index (χ0n) is 8.08. The number of non-ortho nitro benzene ring substituents is 1. The lowest BCUT2D eigenvalue weighted by Crippen LogP contribution is -2.05. The predicted octanol–water partition coefficient (Wildman–Crippen LogP) is 0.629. The van der Waals surface area contributed by atoms with Crippen molar-refractivity contribution in [2.45, 2.75) is 6.10 Å². The summed E-state index contributed by atoms with van der Waals surface area (Å²) in [6, 6.07) is 3.83. The van der Waals surface area contributed by atoms with E-state index in [1.54, 1.807) is 0 Å². The van der Waals surface area contributed by atoms with E-state index < -0.39 is 17.6 Å². The Hall–Kier alpha value is -1.66. The molecule has 2 N–H and O–H groups in total. The summed E-state index contributed by atoms with van der Waals surface area (Å²) in [6.45, 7) is -0.516. The number of rotatable bonds is 4. The van der Waals surface area contributed by atoms with Crippen molar-refractivity contribution < 1.29 is 19.9 Å². The Labute approximate surface area is 85.9 Å². The zero-order valence-corrected chi connectivity index (χ0v) is 8.08. The van der Waals surface area contributed by atoms with Gasteiger partial charge >= 0.3 is 0 Å². The van der Waals surface area contributed by atoms with E-state index >= 15 is 0 Å². The quantitative estimate of drug-likeness (QED) is 0.565. The van der Waals surface area contributed by atoms with Gasteiger partial charge in [-0.1, -0.05) is 0 Å². The number of nitro groups is 1. The van der Waals surface area contributed by atoms with Crippen LogP contribution in [0.5, 0.6) is 5.75 Å². The zero-order chi connectivity index (χ0) is 11.4. The van der Waals surface area contributed by atoms with Crippen molar-refractivity contribution in [3.05, 3.63) is 33.9 Å². The largest absolute Gasteiger partial charge is 0.496 e. The first-order chi connectivity index (χ1) is 7.10. The third kappa shape index (κ3) is 2.42. The van der Waals surface area contributed by atoms with Crippen molar-refractivity contribution in [3.8, 4) is 5.75 Å². The first kappa shape index (κ1) is 11.4. The third-order valence-electron chi connectivity index (χ3n) is 1.96. The van der Waals surface area contributed by atoms with Gasteiger partial charge in [0.1, 0.15) is 11.9 Å². The van der Waals surface area contributed by atoms with Gasteiger partial charge in [0.25, 0.3) is 5.69 Å². The highest BCUT2D eigenvalue weighted by Crippen LogP contribution is 2.28. The number of nitro benzene ring substituents is 1. The number of hydrogen-bond donors (Lipinski definition) is 2. The van der Waals surface area contributed by atoms with E-state index in [4.69, 9.17) is 9.84 Å². The lowest BCUT2D eigenvalue weighted by atomic mass is 10.1. The molecule has 1 atom stereocenters. The number of aliphatic hydroxyl groups excluding tert-OH is 2. The van der Waals surface area contributed by atoms with Crippen LogP contribution in [0.25, 0.3) is 0 Å². The molecular weight excluding hydrogens is 202 g/mol. The first-order valence-electron chi connectivity index (χ1n) is 4.21. The molecule has 0 amide bonds. The van der Waals surface area contributed by atoms with Crippen LogP contribution in [-0.2, 0) is 0 Å². The maximum atomic E-state index is 10.5. The molecular formula is C9H11NO5. The summed E-state index contributed by atoms with van der Waals surface area (Å²) in [5.74, 6) is 0.308. The van der Waals surface area contributed by atoms with Gasteiger partial charge in [-0.25, -0.2) is 0 Å². The fourth-order valence-electron chi connectivity index (χ4n) is 1.19. The summed E-state index contributed by atoms with van der Waals surface area (Å²) in [6.07, 6.45) is -1.18. The summed E-state index contributed by atoms with van der Waals surface area (Å²) in [5.41, 5.74) is 0.0486. The maximum Gasteiger partial charge on any atom is 0.270 e. The second kappa shape index (κ2) is 4.72. The van der Waals surface area contributed by atoms with E-state index in [-0.39, 0.29) is 11.3 Å². The van der Waals surface area contributed by atoms with Crippen LogP contribution in [0.2, 0.25) is 0 Å². The molecule has 0 aliphatic rings. The van der Waals surface area contributed by atoms with E-state index in [2.05, 4.69) is 0 Å². The van der Waals surface area contributed by atoms with Crippen molar-refractivity contribution in [1.82, 2.24) is 0 Å². The fourth-order valence-corrected chi connectivity index (χ4v) is 1.19. The molecule has 15 heavy (non-hydrogen) atoms. The summed E-state index contributed by atoms with van der Waals surface area (Å²) in [7, 11) is 1.38. The Morgan fingerprint density at radius 1 is 1.60 bits per heavy atom. The SMILES string of the molecule is COc1ccc([N+](=O)[O-])cc1C(O)CO.